The van der Waals surface area contributed by atoms with E-state index in [1.54, 1.807) is 6.20 Å². The number of nitrogens with one attached hydrogen (secondary N) is 1. The van der Waals surface area contributed by atoms with Crippen molar-refractivity contribution < 1.29 is 9.47 Å². The normalized spacial score (nSPS) is 17.1. The molecule has 0 radical (unpaired) electrons. The molecule has 1 aromatic rings. The van der Waals surface area contributed by atoms with E-state index < -0.39 is 0 Å². The van der Waals surface area contributed by atoms with Crippen molar-refractivity contribution in [3.8, 4) is 5.88 Å². The van der Waals surface area contributed by atoms with E-state index in [1.807, 2.05) is 13.1 Å². The third-order valence-corrected chi connectivity index (χ3v) is 2.96. The molecule has 0 aromatic carbocycles. The first kappa shape index (κ1) is 12.6. The topological polar surface area (TPSA) is 43.4 Å². The molecule has 1 fully saturated rings. The molecule has 2 rings (SSSR count). The monoisotopic (exact) mass is 256 g/mol. The Labute approximate surface area is 106 Å². The van der Waals surface area contributed by atoms with Crippen LogP contribution in [0.25, 0.3) is 0 Å². The molecule has 1 aliphatic rings. The first-order valence-electron chi connectivity index (χ1n) is 5.83. The van der Waals surface area contributed by atoms with Crippen LogP contribution < -0.4 is 10.1 Å². The van der Waals surface area contributed by atoms with E-state index in [2.05, 4.69) is 10.3 Å². The molecule has 0 amide bonds. The van der Waals surface area contributed by atoms with Crippen LogP contribution >= 0.6 is 11.6 Å². The Bertz CT molecular complexity index is 368. The van der Waals surface area contributed by atoms with Crippen LogP contribution in [-0.4, -0.2) is 31.3 Å². The molecule has 0 bridgehead atoms. The van der Waals surface area contributed by atoms with E-state index in [9.17, 15) is 0 Å². The average molecular weight is 257 g/mol. The minimum atomic E-state index is 0.170. The number of pyridine rings is 1. The van der Waals surface area contributed by atoms with Crippen molar-refractivity contribution in [3.05, 3.63) is 22.8 Å². The number of hydrogen-bond acceptors (Lipinski definition) is 4. The fourth-order valence-electron chi connectivity index (χ4n) is 1.80. The van der Waals surface area contributed by atoms with Gasteiger partial charge in [0, 0.05) is 25.6 Å². The van der Waals surface area contributed by atoms with Crippen LogP contribution in [-0.2, 0) is 11.3 Å². The van der Waals surface area contributed by atoms with Gasteiger partial charge in [0.25, 0.3) is 0 Å². The van der Waals surface area contributed by atoms with Crippen molar-refractivity contribution in [3.63, 3.8) is 0 Å². The van der Waals surface area contributed by atoms with E-state index in [0.29, 0.717) is 10.9 Å². The zero-order valence-corrected chi connectivity index (χ0v) is 10.7. The molecule has 94 valence electrons. The van der Waals surface area contributed by atoms with Gasteiger partial charge in [0.2, 0.25) is 5.88 Å². The van der Waals surface area contributed by atoms with Gasteiger partial charge in [0.15, 0.2) is 0 Å². The van der Waals surface area contributed by atoms with Crippen LogP contribution in [0.2, 0.25) is 5.02 Å². The molecule has 1 aliphatic heterocycles. The lowest BCUT2D eigenvalue weighted by atomic mass is 10.1. The van der Waals surface area contributed by atoms with Crippen molar-refractivity contribution in [2.75, 3.05) is 20.3 Å². The van der Waals surface area contributed by atoms with Gasteiger partial charge >= 0.3 is 0 Å². The predicted molar refractivity (Wildman–Crippen MR) is 66.5 cm³/mol. The van der Waals surface area contributed by atoms with E-state index in [4.69, 9.17) is 21.1 Å². The van der Waals surface area contributed by atoms with Crippen molar-refractivity contribution >= 4 is 11.6 Å². The maximum absolute atomic E-state index is 6.14. The molecule has 1 N–H and O–H groups in total. The van der Waals surface area contributed by atoms with Crippen molar-refractivity contribution in [2.45, 2.75) is 25.5 Å². The Morgan fingerprint density at radius 1 is 1.53 bits per heavy atom. The summed E-state index contributed by atoms with van der Waals surface area (Å²) in [6.45, 7) is 2.25. The first-order valence-corrected chi connectivity index (χ1v) is 6.21. The smallest absolute Gasteiger partial charge is 0.232 e. The Morgan fingerprint density at radius 2 is 2.29 bits per heavy atom. The quantitative estimate of drug-likeness (QED) is 0.895. The van der Waals surface area contributed by atoms with Gasteiger partial charge in [-0.25, -0.2) is 4.98 Å². The number of nitrogens with zero attached hydrogens (tertiary/aromatic N) is 1. The summed E-state index contributed by atoms with van der Waals surface area (Å²) >= 11 is 6.14. The van der Waals surface area contributed by atoms with Gasteiger partial charge in [0.05, 0.1) is 13.2 Å². The third-order valence-electron chi connectivity index (χ3n) is 2.69. The molecule has 0 atom stereocenters. The molecular formula is C12H17ClN2O2. The van der Waals surface area contributed by atoms with Crippen LogP contribution in [0.5, 0.6) is 5.88 Å². The van der Waals surface area contributed by atoms with E-state index in [1.165, 1.54) is 0 Å². The van der Waals surface area contributed by atoms with E-state index >= 15 is 0 Å². The van der Waals surface area contributed by atoms with Gasteiger partial charge in [-0.3, -0.25) is 0 Å². The van der Waals surface area contributed by atoms with Gasteiger partial charge in [-0.05, 0) is 18.7 Å². The van der Waals surface area contributed by atoms with Crippen molar-refractivity contribution in [1.29, 1.82) is 0 Å². The van der Waals surface area contributed by atoms with Gasteiger partial charge in [-0.15, -0.1) is 0 Å². The summed E-state index contributed by atoms with van der Waals surface area (Å²) < 4.78 is 11.1. The Balaban J connectivity index is 2.00. The molecule has 1 aromatic heterocycles. The SMILES string of the molecule is CNCc1cnc(OC2CCOCC2)c(Cl)c1. The highest BCUT2D eigenvalue weighted by molar-refractivity contribution is 6.31. The third kappa shape index (κ3) is 3.56. The fourth-order valence-corrected chi connectivity index (χ4v) is 2.04. The molecule has 17 heavy (non-hydrogen) atoms. The number of aromatic nitrogens is 1. The van der Waals surface area contributed by atoms with Crippen LogP contribution in [0.4, 0.5) is 0 Å². The first-order chi connectivity index (χ1) is 8.29. The Hall–Kier alpha value is -0.840. The molecule has 1 saturated heterocycles. The fraction of sp³-hybridized carbons (Fsp3) is 0.583. The molecule has 0 aliphatic carbocycles. The van der Waals surface area contributed by atoms with Gasteiger partial charge in [-0.2, -0.15) is 0 Å². The Morgan fingerprint density at radius 3 is 2.94 bits per heavy atom. The van der Waals surface area contributed by atoms with Crippen LogP contribution in [0, 0.1) is 0 Å². The lowest BCUT2D eigenvalue weighted by Crippen LogP contribution is -2.26. The summed E-state index contributed by atoms with van der Waals surface area (Å²) in [5.74, 6) is 0.526. The zero-order chi connectivity index (χ0) is 12.1. The lowest BCUT2D eigenvalue weighted by Gasteiger charge is -2.23. The maximum Gasteiger partial charge on any atom is 0.232 e. The summed E-state index contributed by atoms with van der Waals surface area (Å²) in [5, 5.41) is 3.63. The molecule has 4 nitrogen and oxygen atoms in total. The molecule has 0 saturated carbocycles. The summed E-state index contributed by atoms with van der Waals surface area (Å²) in [4.78, 5) is 4.26. The second kappa shape index (κ2) is 6.19. The molecular weight excluding hydrogens is 240 g/mol. The largest absolute Gasteiger partial charge is 0.473 e. The van der Waals surface area contributed by atoms with Gasteiger partial charge in [0.1, 0.15) is 11.1 Å². The average Bonchev–Trinajstić information content (AvgIpc) is 2.34. The van der Waals surface area contributed by atoms with E-state index in [-0.39, 0.29) is 6.10 Å². The number of rotatable bonds is 4. The van der Waals surface area contributed by atoms with Crippen molar-refractivity contribution in [2.24, 2.45) is 0 Å². The lowest BCUT2D eigenvalue weighted by molar-refractivity contribution is 0.0237. The zero-order valence-electron chi connectivity index (χ0n) is 9.91. The second-order valence-electron chi connectivity index (χ2n) is 4.09. The van der Waals surface area contributed by atoms with E-state index in [0.717, 1.165) is 38.2 Å². The van der Waals surface area contributed by atoms with Crippen LogP contribution in [0.1, 0.15) is 18.4 Å². The van der Waals surface area contributed by atoms with Gasteiger partial charge < -0.3 is 14.8 Å². The second-order valence-corrected chi connectivity index (χ2v) is 4.50. The molecule has 0 spiro atoms. The molecule has 5 heteroatoms. The molecule has 0 unspecified atom stereocenters. The highest BCUT2D eigenvalue weighted by Gasteiger charge is 2.17. The minimum absolute atomic E-state index is 0.170. The standard InChI is InChI=1S/C12H17ClN2O2/c1-14-7-9-6-11(13)12(15-8-9)17-10-2-4-16-5-3-10/h6,8,10,14H,2-5,7H2,1H3. The Kier molecular flexibility index (Phi) is 4.59. The number of hydrogen-bond donors (Lipinski definition) is 1. The highest BCUT2D eigenvalue weighted by Crippen LogP contribution is 2.25. The number of ether oxygens (including phenoxy) is 2. The van der Waals surface area contributed by atoms with Crippen molar-refractivity contribution in [1.82, 2.24) is 10.3 Å². The summed E-state index contributed by atoms with van der Waals surface area (Å²) in [6, 6.07) is 1.89. The summed E-state index contributed by atoms with van der Waals surface area (Å²) in [5.41, 5.74) is 1.05. The predicted octanol–water partition coefficient (Wildman–Crippen LogP) is 2.01. The minimum Gasteiger partial charge on any atom is -0.473 e. The summed E-state index contributed by atoms with van der Waals surface area (Å²) in [7, 11) is 1.89. The van der Waals surface area contributed by atoms with Crippen LogP contribution in [0.3, 0.4) is 0 Å². The highest BCUT2D eigenvalue weighted by atomic mass is 35.5. The van der Waals surface area contributed by atoms with Gasteiger partial charge in [-0.1, -0.05) is 11.6 Å². The van der Waals surface area contributed by atoms with Crippen LogP contribution in [0.15, 0.2) is 12.3 Å². The number of halogens is 1. The summed E-state index contributed by atoms with van der Waals surface area (Å²) in [6.07, 6.45) is 3.76. The maximum atomic E-state index is 6.14. The molecule has 2 heterocycles.